The van der Waals surface area contributed by atoms with Crippen LogP contribution in [0.1, 0.15) is 29.3 Å². The number of benzene rings is 2. The van der Waals surface area contributed by atoms with Gasteiger partial charge in [-0.1, -0.05) is 19.1 Å². The molecule has 0 saturated heterocycles. The van der Waals surface area contributed by atoms with Crippen molar-refractivity contribution in [1.82, 2.24) is 0 Å². The van der Waals surface area contributed by atoms with E-state index < -0.39 is 5.97 Å². The zero-order valence-corrected chi connectivity index (χ0v) is 12.0. The van der Waals surface area contributed by atoms with Crippen molar-refractivity contribution in [3.8, 4) is 5.75 Å². The maximum absolute atomic E-state index is 10.8. The first-order valence-corrected chi connectivity index (χ1v) is 6.98. The summed E-state index contributed by atoms with van der Waals surface area (Å²) in [4.78, 5) is 10.8. The zero-order chi connectivity index (χ0) is 15.1. The lowest BCUT2D eigenvalue weighted by Gasteiger charge is -2.09. The van der Waals surface area contributed by atoms with E-state index in [1.807, 2.05) is 24.3 Å². The molecule has 0 aliphatic heterocycles. The Kier molecular flexibility index (Phi) is 5.21. The van der Waals surface area contributed by atoms with Crippen molar-refractivity contribution in [1.29, 1.82) is 0 Å². The molecular weight excluding hydrogens is 266 g/mol. The second kappa shape index (κ2) is 7.33. The van der Waals surface area contributed by atoms with Gasteiger partial charge in [0, 0.05) is 12.2 Å². The van der Waals surface area contributed by atoms with Gasteiger partial charge in [0.25, 0.3) is 0 Å². The van der Waals surface area contributed by atoms with Crippen LogP contribution < -0.4 is 10.1 Å². The van der Waals surface area contributed by atoms with Crippen LogP contribution >= 0.6 is 0 Å². The number of carboxylic acids is 1. The van der Waals surface area contributed by atoms with Gasteiger partial charge in [0.05, 0.1) is 12.2 Å². The van der Waals surface area contributed by atoms with E-state index in [0.717, 1.165) is 23.4 Å². The minimum Gasteiger partial charge on any atom is -0.494 e. The van der Waals surface area contributed by atoms with Gasteiger partial charge in [-0.3, -0.25) is 0 Å². The Labute approximate surface area is 124 Å². The van der Waals surface area contributed by atoms with Crippen LogP contribution in [0.5, 0.6) is 5.75 Å². The number of carbonyl (C=O) groups is 1. The van der Waals surface area contributed by atoms with Crippen LogP contribution in [0.25, 0.3) is 0 Å². The molecule has 0 atom stereocenters. The number of anilines is 1. The zero-order valence-electron chi connectivity index (χ0n) is 12.0. The highest BCUT2D eigenvalue weighted by molar-refractivity contribution is 5.87. The van der Waals surface area contributed by atoms with Gasteiger partial charge >= 0.3 is 5.97 Å². The third kappa shape index (κ3) is 4.53. The van der Waals surface area contributed by atoms with Gasteiger partial charge in [0.15, 0.2) is 0 Å². The van der Waals surface area contributed by atoms with Gasteiger partial charge in [-0.15, -0.1) is 0 Å². The predicted molar refractivity (Wildman–Crippen MR) is 83.0 cm³/mol. The number of carboxylic acid groups (broad SMARTS) is 1. The fourth-order valence-electron chi connectivity index (χ4n) is 1.90. The van der Waals surface area contributed by atoms with Gasteiger partial charge in [-0.2, -0.15) is 0 Å². The third-order valence-electron chi connectivity index (χ3n) is 3.00. The Balaban J connectivity index is 1.94. The monoisotopic (exact) mass is 285 g/mol. The standard InChI is InChI=1S/C17H19NO3/c1-2-10-21-16-5-3-4-13(11-16)12-18-15-8-6-14(7-9-15)17(19)20/h3-9,11,18H,2,10,12H2,1H3,(H,19,20). The number of rotatable bonds is 7. The van der Waals surface area contributed by atoms with E-state index in [0.29, 0.717) is 13.2 Å². The molecule has 4 nitrogen and oxygen atoms in total. The molecule has 21 heavy (non-hydrogen) atoms. The van der Waals surface area contributed by atoms with Crippen molar-refractivity contribution < 1.29 is 14.6 Å². The number of hydrogen-bond acceptors (Lipinski definition) is 3. The molecule has 0 aromatic heterocycles. The van der Waals surface area contributed by atoms with Crippen molar-refractivity contribution in [3.63, 3.8) is 0 Å². The molecule has 2 aromatic rings. The number of nitrogens with one attached hydrogen (secondary N) is 1. The summed E-state index contributed by atoms with van der Waals surface area (Å²) in [6.07, 6.45) is 0.985. The van der Waals surface area contributed by atoms with E-state index in [4.69, 9.17) is 9.84 Å². The molecule has 2 N–H and O–H groups in total. The van der Waals surface area contributed by atoms with Crippen molar-refractivity contribution in [3.05, 3.63) is 59.7 Å². The summed E-state index contributed by atoms with van der Waals surface area (Å²) >= 11 is 0. The van der Waals surface area contributed by atoms with Crippen LogP contribution in [0.2, 0.25) is 0 Å². The van der Waals surface area contributed by atoms with Crippen molar-refractivity contribution >= 4 is 11.7 Å². The van der Waals surface area contributed by atoms with E-state index in [9.17, 15) is 4.79 Å². The average Bonchev–Trinajstić information content (AvgIpc) is 2.52. The molecule has 110 valence electrons. The Hall–Kier alpha value is -2.49. The molecule has 0 aliphatic rings. The summed E-state index contributed by atoms with van der Waals surface area (Å²) in [5.74, 6) is -0.0419. The molecule has 2 rings (SSSR count). The third-order valence-corrected chi connectivity index (χ3v) is 3.00. The van der Waals surface area contributed by atoms with Crippen molar-refractivity contribution in [2.24, 2.45) is 0 Å². The lowest BCUT2D eigenvalue weighted by molar-refractivity contribution is 0.0697. The lowest BCUT2D eigenvalue weighted by atomic mass is 10.2. The van der Waals surface area contributed by atoms with Crippen LogP contribution in [0.4, 0.5) is 5.69 Å². The van der Waals surface area contributed by atoms with E-state index in [-0.39, 0.29) is 5.56 Å². The number of hydrogen-bond donors (Lipinski definition) is 2. The van der Waals surface area contributed by atoms with E-state index in [2.05, 4.69) is 12.2 Å². The molecule has 0 aliphatic carbocycles. The largest absolute Gasteiger partial charge is 0.494 e. The summed E-state index contributed by atoms with van der Waals surface area (Å²) in [5.41, 5.74) is 2.29. The van der Waals surface area contributed by atoms with Crippen LogP contribution in [-0.4, -0.2) is 17.7 Å². The second-order valence-electron chi connectivity index (χ2n) is 4.73. The summed E-state index contributed by atoms with van der Waals surface area (Å²) in [7, 11) is 0. The minimum absolute atomic E-state index is 0.288. The number of ether oxygens (including phenoxy) is 1. The topological polar surface area (TPSA) is 58.6 Å². The molecule has 0 bridgehead atoms. The molecule has 4 heteroatoms. The molecule has 0 fully saturated rings. The smallest absolute Gasteiger partial charge is 0.335 e. The molecule has 0 spiro atoms. The van der Waals surface area contributed by atoms with Crippen molar-refractivity contribution in [2.45, 2.75) is 19.9 Å². The van der Waals surface area contributed by atoms with Gasteiger partial charge in [0.1, 0.15) is 5.75 Å². The first-order chi connectivity index (χ1) is 10.2. The minimum atomic E-state index is -0.915. The van der Waals surface area contributed by atoms with Gasteiger partial charge < -0.3 is 15.2 Å². The maximum Gasteiger partial charge on any atom is 0.335 e. The highest BCUT2D eigenvalue weighted by atomic mass is 16.5. The lowest BCUT2D eigenvalue weighted by Crippen LogP contribution is -2.01. The van der Waals surface area contributed by atoms with Gasteiger partial charge in [0.2, 0.25) is 0 Å². The molecule has 0 amide bonds. The van der Waals surface area contributed by atoms with Crippen LogP contribution in [0.15, 0.2) is 48.5 Å². The van der Waals surface area contributed by atoms with Gasteiger partial charge in [-0.05, 0) is 48.4 Å². The molecular formula is C17H19NO3. The van der Waals surface area contributed by atoms with Crippen molar-refractivity contribution in [2.75, 3.05) is 11.9 Å². The molecule has 0 heterocycles. The first-order valence-electron chi connectivity index (χ1n) is 6.98. The van der Waals surface area contributed by atoms with Crippen LogP contribution in [0, 0.1) is 0 Å². The normalized spacial score (nSPS) is 10.1. The average molecular weight is 285 g/mol. The fraction of sp³-hybridized carbons (Fsp3) is 0.235. The summed E-state index contributed by atoms with van der Waals surface area (Å²) in [5, 5.41) is 12.1. The SMILES string of the molecule is CCCOc1cccc(CNc2ccc(C(=O)O)cc2)c1. The predicted octanol–water partition coefficient (Wildman–Crippen LogP) is 3.79. The maximum atomic E-state index is 10.8. The first kappa shape index (κ1) is 14.9. The van der Waals surface area contributed by atoms with Crippen LogP contribution in [-0.2, 0) is 6.54 Å². The van der Waals surface area contributed by atoms with E-state index in [1.165, 1.54) is 0 Å². The summed E-state index contributed by atoms with van der Waals surface area (Å²) < 4.78 is 5.60. The Morgan fingerprint density at radius 1 is 1.19 bits per heavy atom. The highest BCUT2D eigenvalue weighted by Gasteiger charge is 2.02. The summed E-state index contributed by atoms with van der Waals surface area (Å²) in [6.45, 7) is 3.45. The van der Waals surface area contributed by atoms with Gasteiger partial charge in [-0.25, -0.2) is 4.79 Å². The molecule has 0 saturated carbocycles. The van der Waals surface area contributed by atoms with E-state index in [1.54, 1.807) is 24.3 Å². The van der Waals surface area contributed by atoms with E-state index >= 15 is 0 Å². The molecule has 2 aromatic carbocycles. The quantitative estimate of drug-likeness (QED) is 0.812. The summed E-state index contributed by atoms with van der Waals surface area (Å²) in [6, 6.07) is 14.7. The molecule has 0 unspecified atom stereocenters. The Bertz CT molecular complexity index is 593. The molecule has 0 radical (unpaired) electrons. The number of aromatic carboxylic acids is 1. The fourth-order valence-corrected chi connectivity index (χ4v) is 1.90. The highest BCUT2D eigenvalue weighted by Crippen LogP contribution is 2.16. The van der Waals surface area contributed by atoms with Crippen LogP contribution in [0.3, 0.4) is 0 Å². The Morgan fingerprint density at radius 2 is 1.95 bits per heavy atom. The second-order valence-corrected chi connectivity index (χ2v) is 4.73. The Morgan fingerprint density at radius 3 is 2.62 bits per heavy atom.